The minimum atomic E-state index is -3.81. The topological polar surface area (TPSA) is 93.7 Å². The molecule has 1 fully saturated rings. The summed E-state index contributed by atoms with van der Waals surface area (Å²) in [6, 6.07) is 11.5. The average molecular weight is 447 g/mol. The van der Waals surface area contributed by atoms with Crippen LogP contribution in [0.5, 0.6) is 11.5 Å². The van der Waals surface area contributed by atoms with Gasteiger partial charge in [0.15, 0.2) is 6.10 Å². The summed E-state index contributed by atoms with van der Waals surface area (Å²) >= 11 is 0. The van der Waals surface area contributed by atoms with Gasteiger partial charge in [0.25, 0.3) is 15.9 Å². The summed E-state index contributed by atoms with van der Waals surface area (Å²) in [5.41, 5.74) is 1.28. The molecule has 168 valence electrons. The van der Waals surface area contributed by atoms with Gasteiger partial charge in [-0.15, -0.1) is 0 Å². The van der Waals surface area contributed by atoms with E-state index in [1.54, 1.807) is 31.2 Å². The highest BCUT2D eigenvalue weighted by Gasteiger charge is 2.21. The number of rotatable bonds is 8. The number of hydrogen-bond donors (Lipinski definition) is 2. The number of anilines is 1. The van der Waals surface area contributed by atoms with Crippen LogP contribution in [0.15, 0.2) is 47.4 Å². The number of hydrogen-bond acceptors (Lipinski definition) is 5. The second kappa shape index (κ2) is 10.0. The molecule has 1 aliphatic carbocycles. The maximum Gasteiger partial charge on any atom is 0.262 e. The van der Waals surface area contributed by atoms with Gasteiger partial charge in [0.2, 0.25) is 0 Å². The summed E-state index contributed by atoms with van der Waals surface area (Å²) < 4.78 is 39.1. The molecule has 8 heteroatoms. The molecule has 0 aromatic heterocycles. The van der Waals surface area contributed by atoms with E-state index in [0.29, 0.717) is 17.2 Å². The maximum absolute atomic E-state index is 12.8. The Hall–Kier alpha value is -2.74. The van der Waals surface area contributed by atoms with Gasteiger partial charge in [0.1, 0.15) is 11.5 Å². The smallest absolute Gasteiger partial charge is 0.262 e. The Morgan fingerprint density at radius 2 is 1.74 bits per heavy atom. The number of carbonyl (C=O) groups is 1. The highest BCUT2D eigenvalue weighted by molar-refractivity contribution is 7.92. The first-order valence-electron chi connectivity index (χ1n) is 10.5. The lowest BCUT2D eigenvalue weighted by Gasteiger charge is -2.24. The van der Waals surface area contributed by atoms with E-state index in [9.17, 15) is 13.2 Å². The van der Waals surface area contributed by atoms with Crippen LogP contribution in [-0.4, -0.2) is 33.6 Å². The van der Waals surface area contributed by atoms with Gasteiger partial charge in [-0.25, -0.2) is 8.42 Å². The van der Waals surface area contributed by atoms with Crippen LogP contribution in [0.1, 0.15) is 44.6 Å². The van der Waals surface area contributed by atoms with Crippen molar-refractivity contribution < 1.29 is 22.7 Å². The lowest BCUT2D eigenvalue weighted by atomic mass is 9.95. The van der Waals surface area contributed by atoms with Gasteiger partial charge in [-0.2, -0.15) is 0 Å². The number of aryl methyl sites for hydroxylation is 1. The van der Waals surface area contributed by atoms with E-state index in [1.165, 1.54) is 25.7 Å². The number of nitrogens with one attached hydrogen (secondary N) is 2. The minimum Gasteiger partial charge on any atom is -0.495 e. The van der Waals surface area contributed by atoms with Crippen LogP contribution < -0.4 is 19.5 Å². The molecule has 1 atom stereocenters. The van der Waals surface area contributed by atoms with Crippen LogP contribution in [0.4, 0.5) is 5.69 Å². The number of carbonyl (C=O) groups excluding carboxylic acids is 1. The molecule has 0 saturated heterocycles. The first-order valence-corrected chi connectivity index (χ1v) is 12.0. The first kappa shape index (κ1) is 22.9. The number of ether oxygens (including phenoxy) is 2. The quantitative estimate of drug-likeness (QED) is 0.639. The highest BCUT2D eigenvalue weighted by Crippen LogP contribution is 2.28. The summed E-state index contributed by atoms with van der Waals surface area (Å²) in [6.07, 6.45) is 4.84. The van der Waals surface area contributed by atoms with Crippen molar-refractivity contribution >= 4 is 21.6 Å². The zero-order valence-corrected chi connectivity index (χ0v) is 19.0. The normalized spacial score (nSPS) is 15.7. The van der Waals surface area contributed by atoms with Crippen molar-refractivity contribution in [3.63, 3.8) is 0 Å². The molecule has 0 bridgehead atoms. The van der Waals surface area contributed by atoms with Crippen molar-refractivity contribution in [1.82, 2.24) is 5.32 Å². The molecule has 0 radical (unpaired) electrons. The van der Waals surface area contributed by atoms with Gasteiger partial charge in [0, 0.05) is 6.04 Å². The molecule has 2 N–H and O–H groups in total. The van der Waals surface area contributed by atoms with Crippen LogP contribution in [0.2, 0.25) is 0 Å². The molecule has 0 heterocycles. The molecule has 2 aromatic carbocycles. The molecule has 2 aromatic rings. The summed E-state index contributed by atoms with van der Waals surface area (Å²) in [5.74, 6) is 0.710. The van der Waals surface area contributed by atoms with Crippen LogP contribution in [0.25, 0.3) is 0 Å². The number of benzene rings is 2. The van der Waals surface area contributed by atoms with Crippen molar-refractivity contribution in [3.05, 3.63) is 48.0 Å². The van der Waals surface area contributed by atoms with E-state index in [1.807, 2.05) is 13.0 Å². The second-order valence-corrected chi connectivity index (χ2v) is 9.57. The average Bonchev–Trinajstić information content (AvgIpc) is 2.74. The van der Waals surface area contributed by atoms with E-state index in [0.717, 1.165) is 31.2 Å². The van der Waals surface area contributed by atoms with Gasteiger partial charge in [-0.05, 0) is 68.7 Å². The molecule has 1 saturated carbocycles. The van der Waals surface area contributed by atoms with E-state index < -0.39 is 16.1 Å². The molecule has 0 unspecified atom stereocenters. The van der Waals surface area contributed by atoms with E-state index in [4.69, 9.17) is 9.47 Å². The van der Waals surface area contributed by atoms with E-state index >= 15 is 0 Å². The minimum absolute atomic E-state index is 0.0859. The molecule has 1 aliphatic rings. The summed E-state index contributed by atoms with van der Waals surface area (Å²) in [6.45, 7) is 3.56. The largest absolute Gasteiger partial charge is 0.495 e. The van der Waals surface area contributed by atoms with Crippen molar-refractivity contribution in [3.8, 4) is 11.5 Å². The number of methoxy groups -OCH3 is 1. The lowest BCUT2D eigenvalue weighted by molar-refractivity contribution is -0.128. The Bertz CT molecular complexity index is 999. The summed E-state index contributed by atoms with van der Waals surface area (Å²) in [7, 11) is -2.32. The number of sulfonamides is 1. The van der Waals surface area contributed by atoms with Crippen molar-refractivity contribution in [2.45, 2.75) is 63.0 Å². The van der Waals surface area contributed by atoms with Crippen molar-refractivity contribution in [2.24, 2.45) is 0 Å². The molecular weight excluding hydrogens is 416 g/mol. The Balaban J connectivity index is 1.63. The van der Waals surface area contributed by atoms with Crippen molar-refractivity contribution in [1.29, 1.82) is 0 Å². The van der Waals surface area contributed by atoms with Crippen molar-refractivity contribution in [2.75, 3.05) is 11.8 Å². The summed E-state index contributed by atoms with van der Waals surface area (Å²) in [4.78, 5) is 12.5. The second-order valence-electron chi connectivity index (χ2n) is 7.88. The first-order chi connectivity index (χ1) is 14.8. The van der Waals surface area contributed by atoms with Gasteiger partial charge in [0.05, 0.1) is 17.7 Å². The van der Waals surface area contributed by atoms with Crippen LogP contribution in [-0.2, 0) is 14.8 Å². The Morgan fingerprint density at radius 3 is 2.39 bits per heavy atom. The zero-order valence-electron chi connectivity index (χ0n) is 18.2. The third kappa shape index (κ3) is 6.13. The molecule has 7 nitrogen and oxygen atoms in total. The third-order valence-corrected chi connectivity index (χ3v) is 6.75. The van der Waals surface area contributed by atoms with Gasteiger partial charge >= 0.3 is 0 Å². The monoisotopic (exact) mass is 446 g/mol. The van der Waals surface area contributed by atoms with E-state index in [2.05, 4.69) is 10.0 Å². The predicted octanol–water partition coefficient (Wildman–Crippen LogP) is 4.02. The van der Waals surface area contributed by atoms with Gasteiger partial charge in [-0.1, -0.05) is 25.3 Å². The Kier molecular flexibility index (Phi) is 7.43. The Morgan fingerprint density at radius 1 is 1.06 bits per heavy atom. The van der Waals surface area contributed by atoms with Crippen LogP contribution >= 0.6 is 0 Å². The van der Waals surface area contributed by atoms with Gasteiger partial charge in [-0.3, -0.25) is 9.52 Å². The molecule has 31 heavy (non-hydrogen) atoms. The fraction of sp³-hybridized carbons (Fsp3) is 0.435. The molecule has 0 aliphatic heterocycles. The standard InChI is InChI=1S/C23H30N2O5S/c1-16-9-14-22(29-3)21(15-16)25-31(27,28)20-12-10-19(11-13-20)30-17(2)23(26)24-18-7-5-4-6-8-18/h9-15,17-18,25H,4-8H2,1-3H3,(H,24,26)/t17-/m0/s1. The Labute approximate surface area is 184 Å². The molecule has 1 amide bonds. The fourth-order valence-electron chi connectivity index (χ4n) is 3.63. The van der Waals surface area contributed by atoms with Crippen LogP contribution in [0.3, 0.4) is 0 Å². The number of amides is 1. The highest BCUT2D eigenvalue weighted by atomic mass is 32.2. The summed E-state index contributed by atoms with van der Waals surface area (Å²) in [5, 5.41) is 3.04. The SMILES string of the molecule is COc1ccc(C)cc1NS(=O)(=O)c1ccc(O[C@@H](C)C(=O)NC2CCCCC2)cc1. The molecule has 3 rings (SSSR count). The lowest BCUT2D eigenvalue weighted by Crippen LogP contribution is -2.43. The maximum atomic E-state index is 12.8. The van der Waals surface area contributed by atoms with E-state index in [-0.39, 0.29) is 16.8 Å². The molecular formula is C23H30N2O5S. The van der Waals surface area contributed by atoms with Crippen LogP contribution in [0, 0.1) is 6.92 Å². The fourth-order valence-corrected chi connectivity index (χ4v) is 4.69. The zero-order chi connectivity index (χ0) is 22.4. The predicted molar refractivity (Wildman–Crippen MR) is 120 cm³/mol. The molecule has 0 spiro atoms. The third-order valence-electron chi connectivity index (χ3n) is 5.37. The van der Waals surface area contributed by atoms with Gasteiger partial charge < -0.3 is 14.8 Å².